The third-order valence-corrected chi connectivity index (χ3v) is 3.11. The Labute approximate surface area is 121 Å². The molecule has 0 aromatic rings. The van der Waals surface area contributed by atoms with E-state index in [0.29, 0.717) is 13.0 Å². The van der Waals surface area contributed by atoms with Gasteiger partial charge in [0.1, 0.15) is 11.6 Å². The van der Waals surface area contributed by atoms with Gasteiger partial charge in [0, 0.05) is 13.1 Å². The van der Waals surface area contributed by atoms with E-state index in [4.69, 9.17) is 10.5 Å². The van der Waals surface area contributed by atoms with Gasteiger partial charge in [0.2, 0.25) is 5.91 Å². The van der Waals surface area contributed by atoms with E-state index >= 15 is 0 Å². The molecule has 0 unspecified atom stereocenters. The van der Waals surface area contributed by atoms with Crippen molar-refractivity contribution in [2.45, 2.75) is 58.1 Å². The lowest BCUT2D eigenvalue weighted by atomic mass is 10.1. The SMILES string of the molecule is CC(C)(C)OC(=O)N[C@@H](CCN)C(=O)N1CCCCC1. The summed E-state index contributed by atoms with van der Waals surface area (Å²) in [7, 11) is 0. The fourth-order valence-electron chi connectivity index (χ4n) is 2.21. The molecule has 0 aliphatic carbocycles. The van der Waals surface area contributed by atoms with Crippen molar-refractivity contribution < 1.29 is 14.3 Å². The van der Waals surface area contributed by atoms with E-state index in [9.17, 15) is 9.59 Å². The smallest absolute Gasteiger partial charge is 0.408 e. The summed E-state index contributed by atoms with van der Waals surface area (Å²) in [5, 5.41) is 2.64. The van der Waals surface area contributed by atoms with Crippen LogP contribution in [0.2, 0.25) is 0 Å². The fourth-order valence-corrected chi connectivity index (χ4v) is 2.21. The Morgan fingerprint density at radius 1 is 1.25 bits per heavy atom. The highest BCUT2D eigenvalue weighted by Gasteiger charge is 2.28. The molecule has 6 heteroatoms. The molecular weight excluding hydrogens is 258 g/mol. The predicted molar refractivity (Wildman–Crippen MR) is 77.3 cm³/mol. The Bertz CT molecular complexity index is 333. The number of carbonyl (C=O) groups excluding carboxylic acids is 2. The molecule has 1 aliphatic rings. The predicted octanol–water partition coefficient (Wildman–Crippen LogP) is 1.24. The van der Waals surface area contributed by atoms with Gasteiger partial charge in [-0.2, -0.15) is 0 Å². The molecule has 0 saturated carbocycles. The number of rotatable bonds is 4. The first-order chi connectivity index (χ1) is 9.33. The summed E-state index contributed by atoms with van der Waals surface area (Å²) in [4.78, 5) is 26.0. The number of carbonyl (C=O) groups is 2. The molecule has 1 heterocycles. The zero-order valence-electron chi connectivity index (χ0n) is 12.8. The molecule has 1 fully saturated rings. The van der Waals surface area contributed by atoms with Gasteiger partial charge >= 0.3 is 6.09 Å². The summed E-state index contributed by atoms with van der Waals surface area (Å²) in [5.74, 6) is -0.0546. The van der Waals surface area contributed by atoms with Crippen molar-refractivity contribution in [2.24, 2.45) is 5.73 Å². The van der Waals surface area contributed by atoms with Gasteiger partial charge in [-0.15, -0.1) is 0 Å². The second-order valence-corrected chi connectivity index (χ2v) is 6.16. The number of ether oxygens (including phenoxy) is 1. The van der Waals surface area contributed by atoms with Crippen LogP contribution in [0.15, 0.2) is 0 Å². The van der Waals surface area contributed by atoms with E-state index in [1.165, 1.54) is 0 Å². The molecule has 1 atom stereocenters. The van der Waals surface area contributed by atoms with Crippen LogP contribution in [0.1, 0.15) is 46.5 Å². The average Bonchev–Trinajstić information content (AvgIpc) is 2.36. The molecular formula is C14H27N3O3. The maximum atomic E-state index is 12.4. The molecule has 1 aliphatic heterocycles. The molecule has 1 rings (SSSR count). The van der Waals surface area contributed by atoms with Gasteiger partial charge in [0.25, 0.3) is 0 Å². The van der Waals surface area contributed by atoms with Crippen LogP contribution in [-0.4, -0.2) is 48.2 Å². The van der Waals surface area contributed by atoms with Gasteiger partial charge in [-0.05, 0) is 53.0 Å². The van der Waals surface area contributed by atoms with Crippen LogP contribution >= 0.6 is 0 Å². The Hall–Kier alpha value is -1.30. The topological polar surface area (TPSA) is 84.7 Å². The molecule has 116 valence electrons. The zero-order chi connectivity index (χ0) is 15.2. The van der Waals surface area contributed by atoms with Crippen molar-refractivity contribution in [3.05, 3.63) is 0 Å². The van der Waals surface area contributed by atoms with E-state index in [2.05, 4.69) is 5.32 Å². The van der Waals surface area contributed by atoms with E-state index in [-0.39, 0.29) is 5.91 Å². The van der Waals surface area contributed by atoms with E-state index in [1.807, 2.05) is 0 Å². The van der Waals surface area contributed by atoms with Crippen molar-refractivity contribution in [2.75, 3.05) is 19.6 Å². The summed E-state index contributed by atoms with van der Waals surface area (Å²) in [6, 6.07) is -0.590. The highest BCUT2D eigenvalue weighted by molar-refractivity contribution is 5.85. The number of hydrogen-bond acceptors (Lipinski definition) is 4. The maximum absolute atomic E-state index is 12.4. The normalized spacial score (nSPS) is 17.5. The van der Waals surface area contributed by atoms with E-state index in [1.54, 1.807) is 25.7 Å². The summed E-state index contributed by atoms with van der Waals surface area (Å²) in [5.41, 5.74) is 4.96. The first-order valence-electron chi connectivity index (χ1n) is 7.32. The fraction of sp³-hybridized carbons (Fsp3) is 0.857. The van der Waals surface area contributed by atoms with Gasteiger partial charge < -0.3 is 20.7 Å². The van der Waals surface area contributed by atoms with Gasteiger partial charge in [-0.25, -0.2) is 4.79 Å². The lowest BCUT2D eigenvalue weighted by molar-refractivity contribution is -0.134. The van der Waals surface area contributed by atoms with Gasteiger partial charge in [0.05, 0.1) is 0 Å². The number of likely N-dealkylation sites (tertiary alicyclic amines) is 1. The second kappa shape index (κ2) is 7.47. The minimum absolute atomic E-state index is 0.0546. The summed E-state index contributed by atoms with van der Waals surface area (Å²) in [6.45, 7) is 7.23. The highest BCUT2D eigenvalue weighted by Crippen LogP contribution is 2.12. The molecule has 3 N–H and O–H groups in total. The second-order valence-electron chi connectivity index (χ2n) is 6.16. The molecule has 1 saturated heterocycles. The molecule has 0 radical (unpaired) electrons. The van der Waals surface area contributed by atoms with Gasteiger partial charge in [-0.1, -0.05) is 0 Å². The van der Waals surface area contributed by atoms with Gasteiger partial charge in [0.15, 0.2) is 0 Å². The quantitative estimate of drug-likeness (QED) is 0.814. The van der Waals surface area contributed by atoms with Crippen LogP contribution in [0, 0.1) is 0 Å². The lowest BCUT2D eigenvalue weighted by Crippen LogP contribution is -2.51. The van der Waals surface area contributed by atoms with Crippen molar-refractivity contribution in [3.8, 4) is 0 Å². The van der Waals surface area contributed by atoms with Crippen molar-refractivity contribution in [3.63, 3.8) is 0 Å². The lowest BCUT2D eigenvalue weighted by Gasteiger charge is -2.31. The number of alkyl carbamates (subject to hydrolysis) is 1. The first kappa shape index (κ1) is 16.8. The van der Waals surface area contributed by atoms with E-state index in [0.717, 1.165) is 32.4 Å². The molecule has 0 bridgehead atoms. The molecule has 6 nitrogen and oxygen atoms in total. The molecule has 0 spiro atoms. The first-order valence-corrected chi connectivity index (χ1v) is 7.32. The van der Waals surface area contributed by atoms with E-state index < -0.39 is 17.7 Å². The Kier molecular flexibility index (Phi) is 6.26. The minimum Gasteiger partial charge on any atom is -0.444 e. The number of nitrogens with two attached hydrogens (primary N) is 1. The van der Waals surface area contributed by atoms with Crippen molar-refractivity contribution >= 4 is 12.0 Å². The number of nitrogens with one attached hydrogen (secondary N) is 1. The average molecular weight is 285 g/mol. The Balaban J connectivity index is 2.58. The van der Waals surface area contributed by atoms with Crippen LogP contribution in [0.25, 0.3) is 0 Å². The molecule has 0 aromatic heterocycles. The number of hydrogen-bond donors (Lipinski definition) is 2. The summed E-state index contributed by atoms with van der Waals surface area (Å²) < 4.78 is 5.19. The summed E-state index contributed by atoms with van der Waals surface area (Å²) in [6.07, 6.45) is 3.06. The maximum Gasteiger partial charge on any atom is 0.408 e. The molecule has 20 heavy (non-hydrogen) atoms. The highest BCUT2D eigenvalue weighted by atomic mass is 16.6. The largest absolute Gasteiger partial charge is 0.444 e. The molecule has 2 amide bonds. The van der Waals surface area contributed by atoms with Crippen LogP contribution in [-0.2, 0) is 9.53 Å². The summed E-state index contributed by atoms with van der Waals surface area (Å²) >= 11 is 0. The van der Waals surface area contributed by atoms with Crippen molar-refractivity contribution in [1.82, 2.24) is 10.2 Å². The van der Waals surface area contributed by atoms with Gasteiger partial charge in [-0.3, -0.25) is 4.79 Å². The number of nitrogens with zero attached hydrogens (tertiary/aromatic N) is 1. The third-order valence-electron chi connectivity index (χ3n) is 3.11. The van der Waals surface area contributed by atoms with Crippen molar-refractivity contribution in [1.29, 1.82) is 0 Å². The van der Waals surface area contributed by atoms with Crippen LogP contribution in [0.5, 0.6) is 0 Å². The number of amides is 2. The minimum atomic E-state index is -0.590. The van der Waals surface area contributed by atoms with Crippen LogP contribution in [0.3, 0.4) is 0 Å². The number of piperidine rings is 1. The Morgan fingerprint density at radius 2 is 1.85 bits per heavy atom. The molecule has 0 aromatic carbocycles. The van der Waals surface area contributed by atoms with Crippen LogP contribution in [0.4, 0.5) is 4.79 Å². The van der Waals surface area contributed by atoms with Crippen LogP contribution < -0.4 is 11.1 Å². The Morgan fingerprint density at radius 3 is 2.35 bits per heavy atom. The monoisotopic (exact) mass is 285 g/mol. The standard InChI is InChI=1S/C14H27N3O3/c1-14(2,3)20-13(19)16-11(7-8-15)12(18)17-9-5-4-6-10-17/h11H,4-10,15H2,1-3H3,(H,16,19)/t11-/m0/s1. The zero-order valence-corrected chi connectivity index (χ0v) is 12.8. The third kappa shape index (κ3) is 5.77.